The molecule has 3 aliphatic heterocycles. The van der Waals surface area contributed by atoms with E-state index in [1.165, 1.54) is 6.42 Å². The van der Waals surface area contributed by atoms with Crippen molar-refractivity contribution in [3.8, 4) is 0 Å². The van der Waals surface area contributed by atoms with E-state index < -0.39 is 35.1 Å². The fraction of sp³-hybridized carbons (Fsp3) is 0.710. The molecule has 3 heterocycles. The monoisotopic (exact) mass is 539 g/mol. The predicted molar refractivity (Wildman–Crippen MR) is 147 cm³/mol. The van der Waals surface area contributed by atoms with Gasteiger partial charge in [-0.3, -0.25) is 14.4 Å². The largest absolute Gasteiger partial charge is 0.394 e. The lowest BCUT2D eigenvalue weighted by Crippen LogP contribution is -2.59. The number of hydrogen-bond donors (Lipinski definition) is 3. The molecule has 4 fully saturated rings. The Balaban J connectivity index is 1.50. The van der Waals surface area contributed by atoms with Crippen molar-refractivity contribution in [1.82, 2.24) is 15.5 Å². The van der Waals surface area contributed by atoms with Gasteiger partial charge in [-0.1, -0.05) is 70.4 Å². The Morgan fingerprint density at radius 1 is 1.13 bits per heavy atom. The summed E-state index contributed by atoms with van der Waals surface area (Å²) >= 11 is 0. The van der Waals surface area contributed by atoms with E-state index in [0.717, 1.165) is 31.2 Å². The van der Waals surface area contributed by atoms with Crippen molar-refractivity contribution in [2.45, 2.75) is 109 Å². The SMILES string of the molecule is CC(C)C[C@H](CO)N1C(=O)[C@@H]2[C@@H](C(=O)NCc3ccccc3)[C@]3(C)OC2(CC3C)C1C(=O)NC1CCCCC1. The van der Waals surface area contributed by atoms with Crippen molar-refractivity contribution in [3.63, 3.8) is 0 Å². The number of amides is 3. The van der Waals surface area contributed by atoms with Crippen LogP contribution in [-0.4, -0.2) is 63.7 Å². The van der Waals surface area contributed by atoms with Gasteiger partial charge in [0.25, 0.3) is 0 Å². The number of benzene rings is 1. The van der Waals surface area contributed by atoms with Gasteiger partial charge >= 0.3 is 0 Å². The molecule has 5 rings (SSSR count). The van der Waals surface area contributed by atoms with Gasteiger partial charge in [-0.15, -0.1) is 0 Å². The molecule has 1 aromatic carbocycles. The molecule has 7 atom stereocenters. The third kappa shape index (κ3) is 4.77. The summed E-state index contributed by atoms with van der Waals surface area (Å²) in [4.78, 5) is 44.0. The first-order chi connectivity index (χ1) is 18.6. The first-order valence-corrected chi connectivity index (χ1v) is 14.9. The molecule has 8 nitrogen and oxygen atoms in total. The molecule has 0 aromatic heterocycles. The first kappa shape index (κ1) is 28.1. The number of ether oxygens (including phenoxy) is 1. The van der Waals surface area contributed by atoms with E-state index in [0.29, 0.717) is 19.4 Å². The molecule has 214 valence electrons. The van der Waals surface area contributed by atoms with Gasteiger partial charge in [0, 0.05) is 12.6 Å². The Hall–Kier alpha value is -2.45. The zero-order valence-corrected chi connectivity index (χ0v) is 23.8. The minimum atomic E-state index is -1.09. The molecule has 1 saturated carbocycles. The molecule has 1 aliphatic carbocycles. The van der Waals surface area contributed by atoms with Crippen LogP contribution >= 0.6 is 0 Å². The lowest BCUT2D eigenvalue weighted by atomic mass is 9.62. The summed E-state index contributed by atoms with van der Waals surface area (Å²) in [5.74, 6) is -1.95. The number of nitrogens with zero attached hydrogens (tertiary/aromatic N) is 1. The third-order valence-corrected chi connectivity index (χ3v) is 9.89. The maximum Gasteiger partial charge on any atom is 0.246 e. The Morgan fingerprint density at radius 2 is 1.82 bits per heavy atom. The van der Waals surface area contributed by atoms with Crippen LogP contribution in [0.1, 0.15) is 78.2 Å². The summed E-state index contributed by atoms with van der Waals surface area (Å²) in [7, 11) is 0. The number of carbonyl (C=O) groups excluding carboxylic acids is 3. The highest BCUT2D eigenvalue weighted by atomic mass is 16.5. The van der Waals surface area contributed by atoms with E-state index in [2.05, 4.69) is 17.6 Å². The number of likely N-dealkylation sites (tertiary alicyclic amines) is 1. The van der Waals surface area contributed by atoms with E-state index in [9.17, 15) is 19.5 Å². The summed E-state index contributed by atoms with van der Waals surface area (Å²) in [6.45, 7) is 8.20. The number of hydrogen-bond acceptors (Lipinski definition) is 5. The molecule has 39 heavy (non-hydrogen) atoms. The average molecular weight is 540 g/mol. The van der Waals surface area contributed by atoms with Crippen molar-refractivity contribution in [2.75, 3.05) is 6.61 Å². The highest BCUT2D eigenvalue weighted by molar-refractivity contribution is 5.99. The van der Waals surface area contributed by atoms with Gasteiger partial charge in [-0.25, -0.2) is 0 Å². The second-order valence-corrected chi connectivity index (χ2v) is 13.0. The maximum absolute atomic E-state index is 14.4. The molecule has 3 saturated heterocycles. The summed E-state index contributed by atoms with van der Waals surface area (Å²) in [6.07, 6.45) is 6.28. The van der Waals surface area contributed by atoms with Crippen LogP contribution in [0.4, 0.5) is 0 Å². The number of fused-ring (bicyclic) bond motifs is 1. The molecular formula is C31H45N3O5. The number of aliphatic hydroxyl groups is 1. The molecule has 1 aromatic rings. The van der Waals surface area contributed by atoms with Gasteiger partial charge < -0.3 is 25.4 Å². The molecule has 4 aliphatic rings. The van der Waals surface area contributed by atoms with E-state index in [4.69, 9.17) is 4.74 Å². The van der Waals surface area contributed by atoms with Gasteiger partial charge in [-0.05, 0) is 50.0 Å². The predicted octanol–water partition coefficient (Wildman–Crippen LogP) is 3.17. The lowest BCUT2D eigenvalue weighted by molar-refractivity contribution is -0.151. The molecular weight excluding hydrogens is 494 g/mol. The zero-order valence-electron chi connectivity index (χ0n) is 23.8. The Labute approximate surface area is 232 Å². The minimum Gasteiger partial charge on any atom is -0.394 e. The van der Waals surface area contributed by atoms with Crippen LogP contribution in [0.15, 0.2) is 30.3 Å². The number of aliphatic hydroxyl groups excluding tert-OH is 1. The first-order valence-electron chi connectivity index (χ1n) is 14.9. The van der Waals surface area contributed by atoms with Crippen LogP contribution < -0.4 is 10.6 Å². The summed E-state index contributed by atoms with van der Waals surface area (Å²) in [6, 6.07) is 8.39. The maximum atomic E-state index is 14.4. The van der Waals surface area contributed by atoms with Gasteiger partial charge in [0.05, 0.1) is 30.1 Å². The smallest absolute Gasteiger partial charge is 0.246 e. The number of carbonyl (C=O) groups is 3. The molecule has 3 N–H and O–H groups in total. The molecule has 3 amide bonds. The number of rotatable bonds is 9. The fourth-order valence-electron chi connectivity index (χ4n) is 8.01. The summed E-state index contributed by atoms with van der Waals surface area (Å²) in [5, 5.41) is 16.8. The van der Waals surface area contributed by atoms with Crippen molar-refractivity contribution in [1.29, 1.82) is 0 Å². The van der Waals surface area contributed by atoms with Crippen LogP contribution in [0, 0.1) is 23.7 Å². The van der Waals surface area contributed by atoms with Gasteiger partial charge in [0.2, 0.25) is 17.7 Å². The minimum absolute atomic E-state index is 0.0170. The second kappa shape index (κ2) is 10.8. The Bertz CT molecular complexity index is 1070. The third-order valence-electron chi connectivity index (χ3n) is 9.89. The highest BCUT2D eigenvalue weighted by Gasteiger charge is 2.80. The van der Waals surface area contributed by atoms with Gasteiger partial charge in [0.15, 0.2) is 0 Å². The topological polar surface area (TPSA) is 108 Å². The summed E-state index contributed by atoms with van der Waals surface area (Å²) in [5.41, 5.74) is -0.976. The molecule has 1 spiro atoms. The van der Waals surface area contributed by atoms with E-state index >= 15 is 0 Å². The van der Waals surface area contributed by atoms with Crippen LogP contribution in [0.5, 0.6) is 0 Å². The highest BCUT2D eigenvalue weighted by Crippen LogP contribution is 2.65. The zero-order chi connectivity index (χ0) is 27.9. The standard InChI is InChI=1S/C31H45N3O5/c1-19(2)15-23(18-35)34-26(28(37)33-22-13-9-6-10-14-22)31-16-20(3)30(4,39-31)24(25(31)29(34)38)27(36)32-17-21-11-7-5-8-12-21/h5,7-8,11-12,19-20,22-26,35H,6,9-10,13-18H2,1-4H3,(H,32,36)(H,33,37)/t20?,23-,24+,25+,26?,30-,31?/m1/s1. The van der Waals surface area contributed by atoms with Crippen molar-refractivity contribution in [3.05, 3.63) is 35.9 Å². The van der Waals surface area contributed by atoms with E-state index in [-0.39, 0.29) is 42.2 Å². The molecule has 8 heteroatoms. The van der Waals surface area contributed by atoms with Gasteiger partial charge in [0.1, 0.15) is 11.6 Å². The fourth-order valence-corrected chi connectivity index (χ4v) is 8.01. The van der Waals surface area contributed by atoms with E-state index in [1.54, 1.807) is 4.90 Å². The average Bonchev–Trinajstić information content (AvgIpc) is 3.43. The Morgan fingerprint density at radius 3 is 2.46 bits per heavy atom. The molecule has 3 unspecified atom stereocenters. The van der Waals surface area contributed by atoms with Crippen LogP contribution in [-0.2, 0) is 25.7 Å². The van der Waals surface area contributed by atoms with E-state index in [1.807, 2.05) is 51.1 Å². The normalized spacial score (nSPS) is 34.8. The number of nitrogens with one attached hydrogen (secondary N) is 2. The molecule has 2 bridgehead atoms. The van der Waals surface area contributed by atoms with Crippen molar-refractivity contribution < 1.29 is 24.2 Å². The summed E-state index contributed by atoms with van der Waals surface area (Å²) < 4.78 is 6.83. The second-order valence-electron chi connectivity index (χ2n) is 13.0. The van der Waals surface area contributed by atoms with Crippen LogP contribution in [0.25, 0.3) is 0 Å². The van der Waals surface area contributed by atoms with Crippen molar-refractivity contribution in [2.24, 2.45) is 23.7 Å². The van der Waals surface area contributed by atoms with Crippen LogP contribution in [0.2, 0.25) is 0 Å². The quantitative estimate of drug-likeness (QED) is 0.447. The van der Waals surface area contributed by atoms with Crippen molar-refractivity contribution >= 4 is 17.7 Å². The van der Waals surface area contributed by atoms with Crippen LogP contribution in [0.3, 0.4) is 0 Å². The lowest BCUT2D eigenvalue weighted by Gasteiger charge is -2.38. The molecule has 0 radical (unpaired) electrons. The Kier molecular flexibility index (Phi) is 7.81. The van der Waals surface area contributed by atoms with Gasteiger partial charge in [-0.2, -0.15) is 0 Å².